The molecule has 1 fully saturated rings. The lowest BCUT2D eigenvalue weighted by molar-refractivity contribution is 0.171. The number of aryl methyl sites for hydroxylation is 1. The van der Waals surface area contributed by atoms with Gasteiger partial charge < -0.3 is 14.5 Å². The van der Waals surface area contributed by atoms with E-state index in [2.05, 4.69) is 87.5 Å². The quantitative estimate of drug-likeness (QED) is 0.377. The molecule has 0 aliphatic carbocycles. The number of likely N-dealkylation sites (tertiary alicyclic amines) is 1. The third-order valence-electron chi connectivity index (χ3n) is 6.09. The molecule has 3 rings (SSSR count). The van der Waals surface area contributed by atoms with Gasteiger partial charge in [-0.1, -0.05) is 50.3 Å². The predicted octanol–water partition coefficient (Wildman–Crippen LogP) is 6.02. The molecule has 2 aromatic carbocycles. The first kappa shape index (κ1) is 24.1. The maximum absolute atomic E-state index is 5.81. The van der Waals surface area contributed by atoms with E-state index in [1.165, 1.54) is 11.1 Å². The molecule has 0 saturated carbocycles. The van der Waals surface area contributed by atoms with Crippen molar-refractivity contribution in [2.45, 2.75) is 53.1 Å². The van der Waals surface area contributed by atoms with E-state index in [1.54, 1.807) is 0 Å². The highest BCUT2D eigenvalue weighted by atomic mass is 16.5. The van der Waals surface area contributed by atoms with Crippen molar-refractivity contribution in [3.63, 3.8) is 0 Å². The minimum absolute atomic E-state index is 0.496. The zero-order chi connectivity index (χ0) is 23.1. The smallest absolute Gasteiger partial charge is 0.119 e. The van der Waals surface area contributed by atoms with Crippen LogP contribution < -0.4 is 4.74 Å². The number of ether oxygens (including phenoxy) is 1. The van der Waals surface area contributed by atoms with Crippen LogP contribution in [0.4, 0.5) is 0 Å². The van der Waals surface area contributed by atoms with Gasteiger partial charge in [0, 0.05) is 12.6 Å². The first-order valence-electron chi connectivity index (χ1n) is 11.8. The number of hydrogen-bond donors (Lipinski definition) is 0. The SMILES string of the molecule is C=C(/N=C(\C)N(Cc1ccc(C)cc1)C1CCN(C)CC1)c1ccc(OCC(C)C)cc1. The molecular formula is C28H39N3O. The summed E-state index contributed by atoms with van der Waals surface area (Å²) < 4.78 is 5.81. The summed E-state index contributed by atoms with van der Waals surface area (Å²) in [4.78, 5) is 9.84. The Bertz CT molecular complexity index is 891. The van der Waals surface area contributed by atoms with Crippen LogP contribution in [0.3, 0.4) is 0 Å². The van der Waals surface area contributed by atoms with Gasteiger partial charge in [-0.25, -0.2) is 4.99 Å². The van der Waals surface area contributed by atoms with Crippen molar-refractivity contribution in [3.05, 3.63) is 71.8 Å². The minimum atomic E-state index is 0.496. The maximum Gasteiger partial charge on any atom is 0.119 e. The Hall–Kier alpha value is -2.59. The molecule has 0 aromatic heterocycles. The van der Waals surface area contributed by atoms with Gasteiger partial charge in [0.15, 0.2) is 0 Å². The van der Waals surface area contributed by atoms with E-state index in [0.29, 0.717) is 12.0 Å². The Morgan fingerprint density at radius 3 is 2.31 bits per heavy atom. The molecule has 1 aliphatic rings. The van der Waals surface area contributed by atoms with E-state index >= 15 is 0 Å². The van der Waals surface area contributed by atoms with E-state index in [1.807, 2.05) is 12.1 Å². The summed E-state index contributed by atoms with van der Waals surface area (Å²) in [6.45, 7) is 16.7. The maximum atomic E-state index is 5.81. The van der Waals surface area contributed by atoms with Gasteiger partial charge >= 0.3 is 0 Å². The van der Waals surface area contributed by atoms with Crippen LogP contribution in [0.5, 0.6) is 5.75 Å². The van der Waals surface area contributed by atoms with Gasteiger partial charge in [-0.05, 0) is 88.1 Å². The third kappa shape index (κ3) is 6.96. The minimum Gasteiger partial charge on any atom is -0.493 e. The monoisotopic (exact) mass is 433 g/mol. The zero-order valence-electron chi connectivity index (χ0n) is 20.5. The fraction of sp³-hybridized carbons (Fsp3) is 0.464. The molecule has 1 saturated heterocycles. The van der Waals surface area contributed by atoms with Crippen LogP contribution in [-0.2, 0) is 6.54 Å². The molecule has 2 aromatic rings. The molecule has 0 N–H and O–H groups in total. The predicted molar refractivity (Wildman–Crippen MR) is 136 cm³/mol. The van der Waals surface area contributed by atoms with E-state index in [-0.39, 0.29) is 0 Å². The van der Waals surface area contributed by atoms with Crippen molar-refractivity contribution in [2.75, 3.05) is 26.7 Å². The van der Waals surface area contributed by atoms with Crippen molar-refractivity contribution < 1.29 is 4.74 Å². The van der Waals surface area contributed by atoms with Gasteiger partial charge in [0.25, 0.3) is 0 Å². The number of rotatable bonds is 8. The van der Waals surface area contributed by atoms with Crippen molar-refractivity contribution >= 4 is 11.5 Å². The highest BCUT2D eigenvalue weighted by molar-refractivity contribution is 5.86. The van der Waals surface area contributed by atoms with Crippen LogP contribution in [0.2, 0.25) is 0 Å². The molecule has 0 radical (unpaired) electrons. The van der Waals surface area contributed by atoms with Crippen molar-refractivity contribution in [1.82, 2.24) is 9.80 Å². The van der Waals surface area contributed by atoms with Gasteiger partial charge in [0.1, 0.15) is 11.6 Å². The van der Waals surface area contributed by atoms with Crippen molar-refractivity contribution in [3.8, 4) is 5.75 Å². The molecule has 4 heteroatoms. The van der Waals surface area contributed by atoms with Gasteiger partial charge in [-0.3, -0.25) is 0 Å². The lowest BCUT2D eigenvalue weighted by Crippen LogP contribution is -2.45. The van der Waals surface area contributed by atoms with Crippen LogP contribution in [0, 0.1) is 12.8 Å². The van der Waals surface area contributed by atoms with Crippen LogP contribution in [0.25, 0.3) is 5.70 Å². The number of nitrogens with zero attached hydrogens (tertiary/aromatic N) is 3. The largest absolute Gasteiger partial charge is 0.493 e. The number of benzene rings is 2. The average Bonchev–Trinajstić information content (AvgIpc) is 2.78. The molecule has 172 valence electrons. The molecule has 1 heterocycles. The first-order chi connectivity index (χ1) is 15.3. The summed E-state index contributed by atoms with van der Waals surface area (Å²) in [6, 6.07) is 17.5. The normalized spacial score (nSPS) is 15.8. The topological polar surface area (TPSA) is 28.1 Å². The number of piperidine rings is 1. The fourth-order valence-corrected chi connectivity index (χ4v) is 4.04. The molecule has 0 spiro atoms. The van der Waals surface area contributed by atoms with Crippen LogP contribution in [-0.4, -0.2) is 48.4 Å². The molecule has 4 nitrogen and oxygen atoms in total. The fourth-order valence-electron chi connectivity index (χ4n) is 4.04. The number of aliphatic imine (C=N–C) groups is 1. The van der Waals surface area contributed by atoms with Gasteiger partial charge in [0.2, 0.25) is 0 Å². The average molecular weight is 434 g/mol. The summed E-state index contributed by atoms with van der Waals surface area (Å²) in [5.41, 5.74) is 4.43. The second-order valence-electron chi connectivity index (χ2n) is 9.48. The molecule has 0 unspecified atom stereocenters. The second kappa shape index (κ2) is 11.3. The summed E-state index contributed by atoms with van der Waals surface area (Å²) in [6.07, 6.45) is 2.31. The molecule has 0 bridgehead atoms. The lowest BCUT2D eigenvalue weighted by atomic mass is 10.0. The standard InChI is InChI=1S/C28H39N3O/c1-21(2)20-32-28-13-11-26(12-14-28)23(4)29-24(5)31(27-15-17-30(6)18-16-27)19-25-9-7-22(3)8-10-25/h7-14,21,27H,4,15-20H2,1-3,5-6H3/b29-24+. The molecule has 32 heavy (non-hydrogen) atoms. The van der Waals surface area contributed by atoms with Crippen LogP contribution in [0.1, 0.15) is 50.3 Å². The Labute approximate surface area is 194 Å². The summed E-state index contributed by atoms with van der Waals surface area (Å²) in [5.74, 6) is 2.43. The van der Waals surface area contributed by atoms with Crippen molar-refractivity contribution in [1.29, 1.82) is 0 Å². The highest BCUT2D eigenvalue weighted by Gasteiger charge is 2.24. The summed E-state index contributed by atoms with van der Waals surface area (Å²) >= 11 is 0. The van der Waals surface area contributed by atoms with Crippen molar-refractivity contribution in [2.24, 2.45) is 10.9 Å². The van der Waals surface area contributed by atoms with E-state index in [4.69, 9.17) is 9.73 Å². The highest BCUT2D eigenvalue weighted by Crippen LogP contribution is 2.23. The number of amidine groups is 1. The summed E-state index contributed by atoms with van der Waals surface area (Å²) in [7, 11) is 2.21. The Balaban J connectivity index is 1.75. The van der Waals surface area contributed by atoms with Gasteiger partial charge in [-0.2, -0.15) is 0 Å². The third-order valence-corrected chi connectivity index (χ3v) is 6.09. The van der Waals surface area contributed by atoms with E-state index < -0.39 is 0 Å². The molecule has 1 aliphatic heterocycles. The van der Waals surface area contributed by atoms with Crippen LogP contribution >= 0.6 is 0 Å². The number of hydrogen-bond acceptors (Lipinski definition) is 3. The first-order valence-corrected chi connectivity index (χ1v) is 11.8. The second-order valence-corrected chi connectivity index (χ2v) is 9.48. The van der Waals surface area contributed by atoms with E-state index in [9.17, 15) is 0 Å². The molecular weight excluding hydrogens is 394 g/mol. The zero-order valence-corrected chi connectivity index (χ0v) is 20.5. The van der Waals surface area contributed by atoms with Gasteiger partial charge in [0.05, 0.1) is 12.3 Å². The van der Waals surface area contributed by atoms with E-state index in [0.717, 1.165) is 61.9 Å². The van der Waals surface area contributed by atoms with Gasteiger partial charge in [-0.15, -0.1) is 0 Å². The molecule has 0 amide bonds. The Morgan fingerprint density at radius 1 is 1.09 bits per heavy atom. The lowest BCUT2D eigenvalue weighted by Gasteiger charge is -2.38. The Kier molecular flexibility index (Phi) is 8.52. The van der Waals surface area contributed by atoms with Crippen LogP contribution in [0.15, 0.2) is 60.1 Å². The Morgan fingerprint density at radius 2 is 1.72 bits per heavy atom. The summed E-state index contributed by atoms with van der Waals surface area (Å²) in [5, 5.41) is 0. The molecule has 0 atom stereocenters.